The molecule has 1 atom stereocenters. The van der Waals surface area contributed by atoms with Gasteiger partial charge in [0.2, 0.25) is 5.72 Å². The summed E-state index contributed by atoms with van der Waals surface area (Å²) in [5.74, 6) is 1.58. The first-order valence-electron chi connectivity index (χ1n) is 11.8. The first-order chi connectivity index (χ1) is 16.0. The Labute approximate surface area is 194 Å². The first-order valence-corrected chi connectivity index (χ1v) is 11.8. The van der Waals surface area contributed by atoms with Gasteiger partial charge in [-0.15, -0.1) is 0 Å². The van der Waals surface area contributed by atoms with Gasteiger partial charge in [0.05, 0.1) is 25.0 Å². The number of piperidine rings is 1. The Balaban J connectivity index is 1.52. The second-order valence-electron chi connectivity index (χ2n) is 8.82. The van der Waals surface area contributed by atoms with Crippen molar-refractivity contribution in [3.05, 3.63) is 59.2 Å². The predicted molar refractivity (Wildman–Crippen MR) is 126 cm³/mol. The van der Waals surface area contributed by atoms with E-state index in [0.29, 0.717) is 39.1 Å². The molecule has 5 rings (SSSR count). The number of hydrogen-bond donors (Lipinski definition) is 0. The number of likely N-dealkylation sites (tertiary alicyclic amines) is 1. The predicted octanol–water partition coefficient (Wildman–Crippen LogP) is 4.89. The first kappa shape index (κ1) is 21.6. The Hall–Kier alpha value is -3.22. The van der Waals surface area contributed by atoms with Crippen LogP contribution >= 0.6 is 0 Å². The summed E-state index contributed by atoms with van der Waals surface area (Å²) in [6, 6.07) is 14.7. The van der Waals surface area contributed by atoms with Gasteiger partial charge in [-0.2, -0.15) is 5.10 Å². The molecule has 1 spiro atoms. The van der Waals surface area contributed by atoms with Gasteiger partial charge < -0.3 is 19.1 Å². The van der Waals surface area contributed by atoms with Gasteiger partial charge in [0.25, 0.3) is 0 Å². The van der Waals surface area contributed by atoms with Crippen molar-refractivity contribution in [3.63, 3.8) is 0 Å². The molecule has 1 fully saturated rings. The van der Waals surface area contributed by atoms with E-state index in [2.05, 4.69) is 42.3 Å². The van der Waals surface area contributed by atoms with Crippen molar-refractivity contribution in [2.75, 3.05) is 26.3 Å². The number of carbonyl (C=O) groups is 1. The summed E-state index contributed by atoms with van der Waals surface area (Å²) in [4.78, 5) is 14.1. The van der Waals surface area contributed by atoms with Crippen molar-refractivity contribution in [1.29, 1.82) is 0 Å². The third-order valence-electron chi connectivity index (χ3n) is 6.74. The molecule has 0 aliphatic carbocycles. The molecule has 7 heteroatoms. The Bertz CT molecular complexity index is 1060. The van der Waals surface area contributed by atoms with Crippen molar-refractivity contribution >= 4 is 11.8 Å². The lowest BCUT2D eigenvalue weighted by molar-refractivity contribution is -0.148. The largest absolute Gasteiger partial charge is 0.490 e. The molecule has 3 aliphatic heterocycles. The van der Waals surface area contributed by atoms with Crippen LogP contribution in [-0.2, 0) is 4.74 Å². The summed E-state index contributed by atoms with van der Waals surface area (Å²) in [7, 11) is 0. The summed E-state index contributed by atoms with van der Waals surface area (Å²) >= 11 is 0. The highest BCUT2D eigenvalue weighted by molar-refractivity contribution is 6.02. The zero-order valence-corrected chi connectivity index (χ0v) is 19.5. The smallest absolute Gasteiger partial charge is 0.409 e. The number of aryl methyl sites for hydroxylation is 1. The van der Waals surface area contributed by atoms with Gasteiger partial charge in [0, 0.05) is 37.9 Å². The molecule has 1 saturated heterocycles. The minimum absolute atomic E-state index is 0.0691. The fourth-order valence-corrected chi connectivity index (χ4v) is 5.04. The van der Waals surface area contributed by atoms with Crippen molar-refractivity contribution < 1.29 is 19.0 Å². The molecule has 174 valence electrons. The lowest BCUT2D eigenvalue weighted by Gasteiger charge is -2.51. The highest BCUT2D eigenvalue weighted by Gasteiger charge is 2.53. The molecule has 0 saturated carbocycles. The normalized spacial score (nSPS) is 20.6. The number of hydrazone groups is 1. The molecular weight excluding hydrogens is 418 g/mol. The molecule has 0 radical (unpaired) electrons. The molecule has 2 aromatic rings. The van der Waals surface area contributed by atoms with Crippen LogP contribution in [0.3, 0.4) is 0 Å². The van der Waals surface area contributed by atoms with Crippen LogP contribution < -0.4 is 9.47 Å². The molecule has 33 heavy (non-hydrogen) atoms. The number of hydrogen-bond acceptors (Lipinski definition) is 6. The van der Waals surface area contributed by atoms with Gasteiger partial charge in [-0.25, -0.2) is 9.80 Å². The zero-order chi connectivity index (χ0) is 23.0. The number of carbonyl (C=O) groups excluding carboxylic acids is 1. The van der Waals surface area contributed by atoms with E-state index in [1.54, 1.807) is 4.90 Å². The zero-order valence-electron chi connectivity index (χ0n) is 19.5. The van der Waals surface area contributed by atoms with Crippen LogP contribution in [0, 0.1) is 6.92 Å². The van der Waals surface area contributed by atoms with Crippen LogP contribution in [0.25, 0.3) is 0 Å². The average Bonchev–Trinajstić information content (AvgIpc) is 3.28. The number of fused-ring (bicyclic) bond motifs is 4. The summed E-state index contributed by atoms with van der Waals surface area (Å²) in [5.41, 5.74) is 3.90. The maximum Gasteiger partial charge on any atom is 0.409 e. The van der Waals surface area contributed by atoms with E-state index in [-0.39, 0.29) is 12.1 Å². The van der Waals surface area contributed by atoms with Crippen LogP contribution in [0.5, 0.6) is 11.5 Å². The summed E-state index contributed by atoms with van der Waals surface area (Å²) in [6.07, 6.45) is 1.83. The Morgan fingerprint density at radius 3 is 2.58 bits per heavy atom. The van der Waals surface area contributed by atoms with Gasteiger partial charge in [0.15, 0.2) is 11.5 Å². The highest BCUT2D eigenvalue weighted by Crippen LogP contribution is 2.52. The SMILES string of the molecule is CCOC(=O)N1CCC2(CC1)Oc1c(OCC)cccc1C1CC(c3ccc(C)cc3)=NN12. The van der Waals surface area contributed by atoms with Gasteiger partial charge >= 0.3 is 6.09 Å². The minimum atomic E-state index is -0.625. The molecule has 2 aromatic carbocycles. The molecule has 1 amide bonds. The van der Waals surface area contributed by atoms with Crippen LogP contribution in [0.1, 0.15) is 55.8 Å². The molecule has 1 unspecified atom stereocenters. The number of nitrogens with zero attached hydrogens (tertiary/aromatic N) is 3. The van der Waals surface area contributed by atoms with E-state index in [9.17, 15) is 4.79 Å². The molecule has 3 aliphatic rings. The lowest BCUT2D eigenvalue weighted by Crippen LogP contribution is -2.59. The number of rotatable bonds is 4. The Morgan fingerprint density at radius 1 is 1.12 bits per heavy atom. The van der Waals surface area contributed by atoms with Crippen molar-refractivity contribution in [3.8, 4) is 11.5 Å². The topological polar surface area (TPSA) is 63.6 Å². The highest BCUT2D eigenvalue weighted by atomic mass is 16.6. The van der Waals surface area contributed by atoms with Gasteiger partial charge in [0.1, 0.15) is 0 Å². The van der Waals surface area contributed by atoms with Crippen LogP contribution in [0.15, 0.2) is 47.6 Å². The monoisotopic (exact) mass is 449 g/mol. The lowest BCUT2D eigenvalue weighted by atomic mass is 9.90. The standard InChI is InChI=1S/C26H31N3O4/c1-4-31-23-8-6-7-20-22-17-21(19-11-9-18(3)10-12-19)27-29(22)26(33-24(20)23)13-15-28(16-14-26)25(30)32-5-2/h6-12,22H,4-5,13-17H2,1-3H3. The van der Waals surface area contributed by atoms with E-state index in [0.717, 1.165) is 34.8 Å². The van der Waals surface area contributed by atoms with Crippen LogP contribution in [-0.4, -0.2) is 53.7 Å². The van der Waals surface area contributed by atoms with E-state index in [1.807, 2.05) is 26.0 Å². The molecular formula is C26H31N3O4. The maximum absolute atomic E-state index is 12.3. The molecule has 7 nitrogen and oxygen atoms in total. The molecule has 0 N–H and O–H groups in total. The molecule has 0 bridgehead atoms. The third-order valence-corrected chi connectivity index (χ3v) is 6.74. The second kappa shape index (κ2) is 8.61. The second-order valence-corrected chi connectivity index (χ2v) is 8.82. The summed E-state index contributed by atoms with van der Waals surface area (Å²) in [6.45, 7) is 7.97. The van der Waals surface area contributed by atoms with Crippen LogP contribution in [0.4, 0.5) is 4.79 Å². The fraction of sp³-hybridized carbons (Fsp3) is 0.462. The van der Waals surface area contributed by atoms with Crippen molar-refractivity contribution in [2.45, 2.75) is 51.8 Å². The third kappa shape index (κ3) is 3.79. The van der Waals surface area contributed by atoms with Gasteiger partial charge in [-0.3, -0.25) is 0 Å². The average molecular weight is 450 g/mol. The number of ether oxygens (including phenoxy) is 3. The van der Waals surface area contributed by atoms with E-state index < -0.39 is 5.72 Å². The van der Waals surface area contributed by atoms with Crippen molar-refractivity contribution in [2.24, 2.45) is 5.10 Å². The molecule has 0 aromatic heterocycles. The summed E-state index contributed by atoms with van der Waals surface area (Å²) in [5, 5.41) is 7.27. The van der Waals surface area contributed by atoms with Gasteiger partial charge in [-0.1, -0.05) is 42.0 Å². The van der Waals surface area contributed by atoms with Crippen LogP contribution in [0.2, 0.25) is 0 Å². The van der Waals surface area contributed by atoms with E-state index in [1.165, 1.54) is 5.56 Å². The summed E-state index contributed by atoms with van der Waals surface area (Å²) < 4.78 is 17.9. The number of amides is 1. The Morgan fingerprint density at radius 2 is 1.88 bits per heavy atom. The quantitative estimate of drug-likeness (QED) is 0.665. The van der Waals surface area contributed by atoms with E-state index in [4.69, 9.17) is 19.3 Å². The Kier molecular flexibility index (Phi) is 5.64. The number of para-hydroxylation sites is 1. The van der Waals surface area contributed by atoms with Gasteiger partial charge in [-0.05, 0) is 32.4 Å². The fourth-order valence-electron chi connectivity index (χ4n) is 5.04. The maximum atomic E-state index is 12.3. The van der Waals surface area contributed by atoms with E-state index >= 15 is 0 Å². The van der Waals surface area contributed by atoms with Crippen molar-refractivity contribution in [1.82, 2.24) is 9.91 Å². The minimum Gasteiger partial charge on any atom is -0.490 e. The molecule has 3 heterocycles. The number of benzene rings is 2.